The molecule has 0 saturated heterocycles. The van der Waals surface area contributed by atoms with Crippen molar-refractivity contribution in [3.8, 4) is 22.4 Å². The van der Waals surface area contributed by atoms with Crippen molar-refractivity contribution in [2.75, 3.05) is 0 Å². The number of rotatable bonds is 3. The lowest BCUT2D eigenvalue weighted by Crippen LogP contribution is -2.11. The van der Waals surface area contributed by atoms with Gasteiger partial charge in [-0.1, -0.05) is 6.07 Å². The summed E-state index contributed by atoms with van der Waals surface area (Å²) in [5.41, 5.74) is 12.6. The van der Waals surface area contributed by atoms with Crippen LogP contribution >= 0.6 is 0 Å². The second-order valence-corrected chi connectivity index (χ2v) is 6.73. The molecule has 0 amide bonds. The summed E-state index contributed by atoms with van der Waals surface area (Å²) in [6.45, 7) is 1.98. The van der Waals surface area contributed by atoms with Crippen LogP contribution in [0.5, 0.6) is 0 Å². The van der Waals surface area contributed by atoms with E-state index in [1.165, 1.54) is 0 Å². The maximum atomic E-state index is 9.84. The van der Waals surface area contributed by atoms with E-state index in [1.54, 1.807) is 12.4 Å². The molecule has 7 heteroatoms. The number of aliphatic hydroxyl groups excluding tert-OH is 1. The average molecular weight is 370 g/mol. The first kappa shape index (κ1) is 16.6. The summed E-state index contributed by atoms with van der Waals surface area (Å²) in [6, 6.07) is 11.9. The molecule has 0 aliphatic heterocycles. The van der Waals surface area contributed by atoms with Gasteiger partial charge in [0.05, 0.1) is 17.6 Å². The minimum atomic E-state index is -1.10. The van der Waals surface area contributed by atoms with Crippen LogP contribution in [0.25, 0.3) is 33.7 Å². The van der Waals surface area contributed by atoms with Crippen molar-refractivity contribution in [2.45, 2.75) is 13.2 Å². The summed E-state index contributed by atoms with van der Waals surface area (Å²) in [6.07, 6.45) is 8.15. The van der Waals surface area contributed by atoms with Crippen LogP contribution in [-0.2, 0) is 0 Å². The smallest absolute Gasteiger partial charge is 0.145 e. The molecule has 0 saturated carbocycles. The average Bonchev–Trinajstić information content (AvgIpc) is 3.32. The fourth-order valence-corrected chi connectivity index (χ4v) is 3.47. The zero-order valence-corrected chi connectivity index (χ0v) is 15.2. The number of aryl methyl sites for hydroxylation is 1. The molecule has 5 rings (SSSR count). The van der Waals surface area contributed by atoms with Crippen LogP contribution in [0.3, 0.4) is 0 Å². The molecule has 5 heterocycles. The summed E-state index contributed by atoms with van der Waals surface area (Å²) in [5, 5.41) is 9.84. The first-order valence-electron chi connectivity index (χ1n) is 8.92. The minimum absolute atomic E-state index is 0.538. The first-order chi connectivity index (χ1) is 13.6. The summed E-state index contributed by atoms with van der Waals surface area (Å²) in [7, 11) is 0. The van der Waals surface area contributed by atoms with Gasteiger partial charge in [0.2, 0.25) is 0 Å². The van der Waals surface area contributed by atoms with Crippen LogP contribution in [0.15, 0.2) is 67.4 Å². The Hall–Kier alpha value is -3.55. The molecule has 0 fully saturated rings. The normalized spacial score (nSPS) is 12.7. The molecule has 0 aromatic carbocycles. The highest BCUT2D eigenvalue weighted by Crippen LogP contribution is 2.32. The van der Waals surface area contributed by atoms with Crippen molar-refractivity contribution < 1.29 is 5.11 Å². The van der Waals surface area contributed by atoms with Gasteiger partial charge in [0.1, 0.15) is 17.5 Å². The predicted octanol–water partition coefficient (Wildman–Crippen LogP) is 2.97. The van der Waals surface area contributed by atoms with Gasteiger partial charge in [-0.2, -0.15) is 0 Å². The lowest BCUT2D eigenvalue weighted by atomic mass is 10.0. The number of hydrogen-bond donors (Lipinski definition) is 2. The SMILES string of the molecule is Cc1cccc(-c2cc3nccn3cc2-c2ccc3ncc(C(N)O)n3c2)n1. The van der Waals surface area contributed by atoms with Gasteiger partial charge in [0.15, 0.2) is 0 Å². The molecule has 5 aromatic rings. The zero-order chi connectivity index (χ0) is 19.3. The second-order valence-electron chi connectivity index (χ2n) is 6.73. The molecule has 0 aliphatic carbocycles. The van der Waals surface area contributed by atoms with E-state index >= 15 is 0 Å². The Morgan fingerprint density at radius 3 is 2.75 bits per heavy atom. The second kappa shape index (κ2) is 6.26. The van der Waals surface area contributed by atoms with Gasteiger partial charge < -0.3 is 15.2 Å². The summed E-state index contributed by atoms with van der Waals surface area (Å²) in [4.78, 5) is 13.4. The Morgan fingerprint density at radius 2 is 1.93 bits per heavy atom. The van der Waals surface area contributed by atoms with E-state index in [0.717, 1.165) is 39.4 Å². The topological polar surface area (TPSA) is 93.7 Å². The predicted molar refractivity (Wildman–Crippen MR) is 106 cm³/mol. The van der Waals surface area contributed by atoms with E-state index in [4.69, 9.17) is 10.7 Å². The highest BCUT2D eigenvalue weighted by molar-refractivity contribution is 5.84. The van der Waals surface area contributed by atoms with Gasteiger partial charge >= 0.3 is 0 Å². The van der Waals surface area contributed by atoms with E-state index in [-0.39, 0.29) is 0 Å². The molecule has 0 bridgehead atoms. The Kier molecular flexibility index (Phi) is 3.71. The van der Waals surface area contributed by atoms with Crippen molar-refractivity contribution in [3.63, 3.8) is 0 Å². The number of hydrogen-bond acceptors (Lipinski definition) is 5. The van der Waals surface area contributed by atoms with Gasteiger partial charge in [-0.15, -0.1) is 0 Å². The van der Waals surface area contributed by atoms with Crippen molar-refractivity contribution >= 4 is 11.3 Å². The van der Waals surface area contributed by atoms with Crippen LogP contribution < -0.4 is 5.73 Å². The minimum Gasteiger partial charge on any atom is -0.373 e. The Balaban J connectivity index is 1.79. The van der Waals surface area contributed by atoms with Crippen LogP contribution in [0.2, 0.25) is 0 Å². The van der Waals surface area contributed by atoms with Crippen LogP contribution in [0, 0.1) is 6.92 Å². The quantitative estimate of drug-likeness (QED) is 0.476. The van der Waals surface area contributed by atoms with Crippen LogP contribution in [0.1, 0.15) is 17.6 Å². The number of aliphatic hydroxyl groups is 1. The molecule has 0 spiro atoms. The van der Waals surface area contributed by atoms with Crippen LogP contribution in [0.4, 0.5) is 0 Å². The number of aromatic nitrogens is 5. The maximum absolute atomic E-state index is 9.84. The van der Waals surface area contributed by atoms with E-state index in [1.807, 2.05) is 70.7 Å². The Labute approximate surface area is 160 Å². The van der Waals surface area contributed by atoms with E-state index in [0.29, 0.717) is 5.69 Å². The van der Waals surface area contributed by atoms with Crippen molar-refractivity contribution in [3.05, 3.63) is 78.8 Å². The molecule has 28 heavy (non-hydrogen) atoms. The molecule has 7 nitrogen and oxygen atoms in total. The van der Waals surface area contributed by atoms with Gasteiger partial charge in [0, 0.05) is 47.2 Å². The lowest BCUT2D eigenvalue weighted by molar-refractivity contribution is 0.180. The first-order valence-corrected chi connectivity index (χ1v) is 8.92. The summed E-state index contributed by atoms with van der Waals surface area (Å²) in [5.74, 6) is 0. The Morgan fingerprint density at radius 1 is 1.04 bits per heavy atom. The number of fused-ring (bicyclic) bond motifs is 2. The number of nitrogens with two attached hydrogens (primary N) is 1. The largest absolute Gasteiger partial charge is 0.373 e. The lowest BCUT2D eigenvalue weighted by Gasteiger charge is -2.13. The standard InChI is InChI=1S/C21H18N6O/c1-13-3-2-4-17(25-13)15-9-20-23-7-8-26(20)12-16(15)14-5-6-19-24-10-18(21(22)28)27(19)11-14/h2-12,21,28H,22H2,1H3. The number of pyridine rings is 3. The van der Waals surface area contributed by atoms with Gasteiger partial charge in [-0.25, -0.2) is 9.97 Å². The molecule has 5 aromatic heterocycles. The number of nitrogens with zero attached hydrogens (tertiary/aromatic N) is 5. The molecule has 0 aliphatic rings. The maximum Gasteiger partial charge on any atom is 0.145 e. The monoisotopic (exact) mass is 370 g/mol. The molecule has 138 valence electrons. The fourth-order valence-electron chi connectivity index (χ4n) is 3.47. The van der Waals surface area contributed by atoms with Gasteiger partial charge in [-0.05, 0) is 37.3 Å². The van der Waals surface area contributed by atoms with Gasteiger partial charge in [-0.3, -0.25) is 9.38 Å². The third kappa shape index (κ3) is 2.65. The van der Waals surface area contributed by atoms with E-state index < -0.39 is 6.23 Å². The molecule has 1 atom stereocenters. The van der Waals surface area contributed by atoms with Crippen LogP contribution in [-0.4, -0.2) is 28.9 Å². The highest BCUT2D eigenvalue weighted by atomic mass is 16.3. The molecule has 3 N–H and O–H groups in total. The van der Waals surface area contributed by atoms with E-state index in [9.17, 15) is 5.11 Å². The third-order valence-corrected chi connectivity index (χ3v) is 4.84. The summed E-state index contributed by atoms with van der Waals surface area (Å²) >= 11 is 0. The number of imidazole rings is 2. The van der Waals surface area contributed by atoms with Gasteiger partial charge in [0.25, 0.3) is 0 Å². The highest BCUT2D eigenvalue weighted by Gasteiger charge is 2.14. The van der Waals surface area contributed by atoms with Crippen molar-refractivity contribution in [1.82, 2.24) is 23.8 Å². The zero-order valence-electron chi connectivity index (χ0n) is 15.2. The third-order valence-electron chi connectivity index (χ3n) is 4.84. The Bertz CT molecular complexity index is 1320. The van der Waals surface area contributed by atoms with Crippen molar-refractivity contribution in [2.24, 2.45) is 5.73 Å². The molecular formula is C21H18N6O. The van der Waals surface area contributed by atoms with E-state index in [2.05, 4.69) is 9.97 Å². The molecule has 0 radical (unpaired) electrons. The fraction of sp³-hybridized carbons (Fsp3) is 0.0952. The van der Waals surface area contributed by atoms with Crippen molar-refractivity contribution in [1.29, 1.82) is 0 Å². The molecular weight excluding hydrogens is 352 g/mol. The summed E-state index contributed by atoms with van der Waals surface area (Å²) < 4.78 is 3.79. The molecule has 1 unspecified atom stereocenters.